The molecule has 8 heteroatoms. The minimum atomic E-state index is -0.758. The first-order valence-corrected chi connectivity index (χ1v) is 14.9. The first-order valence-electron chi connectivity index (χ1n) is 14.1. The number of esters is 1. The number of aliphatic hydroxyl groups excluding tert-OH is 1. The van der Waals surface area contributed by atoms with Crippen molar-refractivity contribution in [2.45, 2.75) is 75.0 Å². The highest BCUT2D eigenvalue weighted by molar-refractivity contribution is 8.02. The summed E-state index contributed by atoms with van der Waals surface area (Å²) in [6.07, 6.45) is 5.84. The molecule has 0 saturated carbocycles. The Morgan fingerprint density at radius 3 is 2.66 bits per heavy atom. The molecule has 1 N–H and O–H groups in total. The van der Waals surface area contributed by atoms with Crippen LogP contribution < -0.4 is 0 Å². The van der Waals surface area contributed by atoms with Crippen molar-refractivity contribution in [3.05, 3.63) is 48.6 Å². The molecule has 7 nitrogen and oxygen atoms in total. The lowest BCUT2D eigenvalue weighted by Gasteiger charge is -2.42. The van der Waals surface area contributed by atoms with E-state index in [4.69, 9.17) is 4.74 Å². The number of carbonyl (C=O) groups is 3. The third kappa shape index (κ3) is 4.90. The molecule has 1 spiro atoms. The molecule has 0 aromatic heterocycles. The van der Waals surface area contributed by atoms with Gasteiger partial charge >= 0.3 is 5.97 Å². The van der Waals surface area contributed by atoms with Crippen molar-refractivity contribution in [3.8, 4) is 0 Å². The van der Waals surface area contributed by atoms with E-state index in [1.807, 2.05) is 35.2 Å². The molecule has 1 aromatic carbocycles. The number of rotatable bonds is 13. The van der Waals surface area contributed by atoms with Gasteiger partial charge in [-0.1, -0.05) is 63.1 Å². The number of likely N-dealkylation sites (tertiary alicyclic amines) is 1. The molecule has 2 bridgehead atoms. The Balaban J connectivity index is 1.78. The smallest absolute Gasteiger partial charge is 0.310 e. The second-order valence-corrected chi connectivity index (χ2v) is 12.4. The second-order valence-electron chi connectivity index (χ2n) is 10.9. The van der Waals surface area contributed by atoms with E-state index in [1.165, 1.54) is 0 Å². The van der Waals surface area contributed by atoms with Crippen LogP contribution in [0.1, 0.15) is 52.0 Å². The van der Waals surface area contributed by atoms with Crippen molar-refractivity contribution in [2.24, 2.45) is 17.8 Å². The summed E-state index contributed by atoms with van der Waals surface area (Å²) >= 11 is 1.64. The van der Waals surface area contributed by atoms with Crippen LogP contribution in [0.2, 0.25) is 0 Å². The van der Waals surface area contributed by atoms with E-state index in [-0.39, 0.29) is 42.2 Å². The van der Waals surface area contributed by atoms with Gasteiger partial charge in [0.1, 0.15) is 6.04 Å². The fourth-order valence-corrected chi connectivity index (χ4v) is 9.34. The van der Waals surface area contributed by atoms with Gasteiger partial charge in [-0.25, -0.2) is 0 Å². The molecular formula is C30H42N2O5S. The van der Waals surface area contributed by atoms with Crippen molar-refractivity contribution in [1.82, 2.24) is 9.80 Å². The van der Waals surface area contributed by atoms with Crippen molar-refractivity contribution in [3.63, 3.8) is 0 Å². The minimum absolute atomic E-state index is 0.0508. The van der Waals surface area contributed by atoms with Crippen LogP contribution in [0.4, 0.5) is 0 Å². The number of benzene rings is 1. The van der Waals surface area contributed by atoms with E-state index in [2.05, 4.69) is 20.4 Å². The Morgan fingerprint density at radius 2 is 2.03 bits per heavy atom. The van der Waals surface area contributed by atoms with E-state index >= 15 is 0 Å². The molecule has 208 valence electrons. The molecule has 2 amide bonds. The number of thioether (sulfide) groups is 1. The van der Waals surface area contributed by atoms with E-state index < -0.39 is 28.7 Å². The number of amides is 2. The molecule has 3 unspecified atom stereocenters. The topological polar surface area (TPSA) is 87.2 Å². The SMILES string of the molecule is C=CCN(CCCCC)C(=O)C1N([C@@H](CO)Cc2ccccc2)C(=O)[C@@H]2[C@H](C(=O)OCC)[C@@H]3CC(C)C12S3. The van der Waals surface area contributed by atoms with E-state index in [0.717, 1.165) is 31.2 Å². The molecule has 3 fully saturated rings. The highest BCUT2D eigenvalue weighted by atomic mass is 32.2. The van der Waals surface area contributed by atoms with E-state index in [9.17, 15) is 19.5 Å². The monoisotopic (exact) mass is 542 g/mol. The number of carbonyl (C=O) groups excluding carboxylic acids is 3. The molecule has 1 aromatic rings. The van der Waals surface area contributed by atoms with Crippen molar-refractivity contribution in [2.75, 3.05) is 26.3 Å². The van der Waals surface area contributed by atoms with E-state index in [0.29, 0.717) is 19.5 Å². The predicted molar refractivity (Wildman–Crippen MR) is 149 cm³/mol. The van der Waals surface area contributed by atoms with Gasteiger partial charge in [-0.3, -0.25) is 14.4 Å². The van der Waals surface area contributed by atoms with Crippen LogP contribution in [-0.2, 0) is 25.5 Å². The van der Waals surface area contributed by atoms with Crippen molar-refractivity contribution < 1.29 is 24.2 Å². The Kier molecular flexibility index (Phi) is 9.24. The van der Waals surface area contributed by atoms with Crippen LogP contribution in [-0.4, -0.2) is 81.1 Å². The Morgan fingerprint density at radius 1 is 1.29 bits per heavy atom. The molecule has 0 radical (unpaired) electrons. The van der Waals surface area contributed by atoms with Crippen molar-refractivity contribution in [1.29, 1.82) is 0 Å². The van der Waals surface area contributed by atoms with Gasteiger partial charge in [0.15, 0.2) is 0 Å². The molecule has 3 heterocycles. The second kappa shape index (κ2) is 12.2. The fraction of sp³-hybridized carbons (Fsp3) is 0.633. The van der Waals surface area contributed by atoms with Crippen LogP contribution >= 0.6 is 11.8 Å². The average molecular weight is 543 g/mol. The van der Waals surface area contributed by atoms with Gasteiger partial charge in [0.2, 0.25) is 11.8 Å². The largest absolute Gasteiger partial charge is 0.466 e. The molecular weight excluding hydrogens is 500 g/mol. The highest BCUT2D eigenvalue weighted by Crippen LogP contribution is 2.69. The van der Waals surface area contributed by atoms with Crippen LogP contribution in [0.25, 0.3) is 0 Å². The summed E-state index contributed by atoms with van der Waals surface area (Å²) in [5.74, 6) is -1.81. The lowest BCUT2D eigenvalue weighted by atomic mass is 9.66. The molecule has 7 atom stereocenters. The summed E-state index contributed by atoms with van der Waals surface area (Å²) in [5.41, 5.74) is 0.984. The number of fused-ring (bicyclic) bond motifs is 1. The number of hydrogen-bond acceptors (Lipinski definition) is 6. The lowest BCUT2D eigenvalue weighted by Crippen LogP contribution is -2.59. The summed E-state index contributed by atoms with van der Waals surface area (Å²) in [4.78, 5) is 45.6. The third-order valence-electron chi connectivity index (χ3n) is 8.59. The molecule has 3 aliphatic rings. The van der Waals surface area contributed by atoms with Crippen LogP contribution in [0.15, 0.2) is 43.0 Å². The highest BCUT2D eigenvalue weighted by Gasteiger charge is 2.77. The van der Waals surface area contributed by atoms with Gasteiger partial charge in [-0.15, -0.1) is 18.3 Å². The average Bonchev–Trinajstić information content (AvgIpc) is 3.51. The molecule has 4 rings (SSSR count). The Labute approximate surface area is 231 Å². The Bertz CT molecular complexity index is 1020. The molecule has 38 heavy (non-hydrogen) atoms. The quantitative estimate of drug-likeness (QED) is 0.232. The summed E-state index contributed by atoms with van der Waals surface area (Å²) in [5, 5.41) is 10.6. The summed E-state index contributed by atoms with van der Waals surface area (Å²) in [7, 11) is 0. The summed E-state index contributed by atoms with van der Waals surface area (Å²) in [6, 6.07) is 8.40. The van der Waals surface area contributed by atoms with Gasteiger partial charge < -0.3 is 19.6 Å². The molecule has 3 saturated heterocycles. The van der Waals surface area contributed by atoms with Crippen LogP contribution in [0, 0.1) is 17.8 Å². The maximum atomic E-state index is 14.5. The number of ether oxygens (including phenoxy) is 1. The number of nitrogens with zero attached hydrogens (tertiary/aromatic N) is 2. The minimum Gasteiger partial charge on any atom is -0.466 e. The Hall–Kier alpha value is -2.32. The third-order valence-corrected chi connectivity index (χ3v) is 10.7. The zero-order valence-corrected chi connectivity index (χ0v) is 23.7. The standard InChI is InChI=1S/C30H42N2O5S/c1-5-8-12-16-31(15-6-2)28(35)26-30-20(4)17-23(38-30)24(29(36)37-7-3)25(30)27(34)32(26)22(19-33)18-21-13-10-9-11-14-21/h6,9-11,13-14,20,22-26,33H,2,5,7-8,12,15-19H2,1,3-4H3/t20?,22-,23+,24-,25+,26?,30?/m1/s1. The van der Waals surface area contributed by atoms with Gasteiger partial charge in [0.25, 0.3) is 0 Å². The van der Waals surface area contributed by atoms with Crippen LogP contribution in [0.3, 0.4) is 0 Å². The molecule has 3 aliphatic heterocycles. The number of aliphatic hydroxyl groups is 1. The summed E-state index contributed by atoms with van der Waals surface area (Å²) in [6.45, 7) is 10.9. The zero-order chi connectivity index (χ0) is 27.4. The first kappa shape index (κ1) is 28.7. The normalized spacial score (nSPS) is 30.3. The number of unbranched alkanes of at least 4 members (excludes halogenated alkanes) is 2. The first-order chi connectivity index (χ1) is 18.3. The van der Waals surface area contributed by atoms with Gasteiger partial charge in [-0.2, -0.15) is 0 Å². The maximum absolute atomic E-state index is 14.5. The van der Waals surface area contributed by atoms with Gasteiger partial charge in [0.05, 0.1) is 35.8 Å². The predicted octanol–water partition coefficient (Wildman–Crippen LogP) is 3.70. The number of hydrogen-bond donors (Lipinski definition) is 1. The van der Waals surface area contributed by atoms with Crippen LogP contribution in [0.5, 0.6) is 0 Å². The lowest BCUT2D eigenvalue weighted by molar-refractivity contribution is -0.154. The van der Waals surface area contributed by atoms with Gasteiger partial charge in [-0.05, 0) is 37.7 Å². The van der Waals surface area contributed by atoms with E-state index in [1.54, 1.807) is 29.7 Å². The van der Waals surface area contributed by atoms with Crippen molar-refractivity contribution >= 4 is 29.5 Å². The zero-order valence-electron chi connectivity index (χ0n) is 22.9. The summed E-state index contributed by atoms with van der Waals surface area (Å²) < 4.78 is 4.72. The molecule has 0 aliphatic carbocycles. The maximum Gasteiger partial charge on any atom is 0.310 e. The fourth-order valence-electron chi connectivity index (χ4n) is 6.95. The van der Waals surface area contributed by atoms with Gasteiger partial charge in [0, 0.05) is 18.3 Å².